The van der Waals surface area contributed by atoms with Gasteiger partial charge in [0.1, 0.15) is 0 Å². The first-order chi connectivity index (χ1) is 9.52. The van der Waals surface area contributed by atoms with E-state index < -0.39 is 53.4 Å². The Labute approximate surface area is 116 Å². The number of carbonyl (C=O) groups excluding carboxylic acids is 1. The molecule has 0 saturated heterocycles. The van der Waals surface area contributed by atoms with Gasteiger partial charge in [0.2, 0.25) is 0 Å². The number of methoxy groups -OCH3 is 1. The number of halogens is 6. The van der Waals surface area contributed by atoms with Gasteiger partial charge in [0.25, 0.3) is 0 Å². The van der Waals surface area contributed by atoms with Crippen molar-refractivity contribution in [2.75, 3.05) is 7.11 Å². The van der Waals surface area contributed by atoms with E-state index in [1.165, 1.54) is 6.92 Å². The lowest BCUT2D eigenvalue weighted by Crippen LogP contribution is -2.20. The highest BCUT2D eigenvalue weighted by atomic mass is 19.4. The molecule has 0 aliphatic carbocycles. The maximum Gasteiger partial charge on any atom is 0.416 e. The Kier molecular flexibility index (Phi) is 4.91. The summed E-state index contributed by atoms with van der Waals surface area (Å²) in [7, 11) is 0.987. The Balaban J connectivity index is 3.59. The summed E-state index contributed by atoms with van der Waals surface area (Å²) in [6, 6.07) is 1.23. The first kappa shape index (κ1) is 17.3. The molecule has 0 aliphatic heterocycles. The smallest absolute Gasteiger partial charge is 0.416 e. The molecule has 0 unspecified atom stereocenters. The maximum absolute atomic E-state index is 13.1. The number of hydrogen-bond acceptors (Lipinski definition) is 2. The summed E-state index contributed by atoms with van der Waals surface area (Å²) >= 11 is 0. The van der Waals surface area contributed by atoms with E-state index in [0.29, 0.717) is 12.1 Å². The van der Waals surface area contributed by atoms with Crippen molar-refractivity contribution in [3.8, 4) is 0 Å². The lowest BCUT2D eigenvalue weighted by Gasteiger charge is -2.21. The van der Waals surface area contributed by atoms with Gasteiger partial charge in [0.05, 0.1) is 24.7 Å². The standard InChI is InChI=1S/C13H12F6O2/c1-3-8-9(12(14,15)16)5-4-7(6-10(20)21-2)11(8)13(17,18)19/h4-5H,3,6H2,1-2H3. The number of ether oxygens (including phenoxy) is 1. The Morgan fingerprint density at radius 1 is 1.10 bits per heavy atom. The molecule has 0 aromatic heterocycles. The maximum atomic E-state index is 13.1. The number of esters is 1. The first-order valence-corrected chi connectivity index (χ1v) is 5.88. The molecule has 0 radical (unpaired) electrons. The lowest BCUT2D eigenvalue weighted by atomic mass is 9.92. The van der Waals surface area contributed by atoms with Crippen molar-refractivity contribution < 1.29 is 35.9 Å². The molecule has 0 heterocycles. The number of carbonyl (C=O) groups is 1. The summed E-state index contributed by atoms with van der Waals surface area (Å²) in [6.45, 7) is 1.20. The Morgan fingerprint density at radius 3 is 2.05 bits per heavy atom. The van der Waals surface area contributed by atoms with Crippen LogP contribution in [0.1, 0.15) is 29.2 Å². The summed E-state index contributed by atoms with van der Waals surface area (Å²) in [6.07, 6.45) is -11.1. The van der Waals surface area contributed by atoms with Crippen molar-refractivity contribution in [1.82, 2.24) is 0 Å². The fourth-order valence-electron chi connectivity index (χ4n) is 2.06. The van der Waals surface area contributed by atoms with Crippen LogP contribution in [0.25, 0.3) is 0 Å². The molecule has 1 aromatic carbocycles. The predicted octanol–water partition coefficient (Wildman–Crippen LogP) is 4.00. The van der Waals surface area contributed by atoms with E-state index in [0.717, 1.165) is 7.11 Å². The van der Waals surface area contributed by atoms with Gasteiger partial charge in [-0.05, 0) is 23.6 Å². The predicted molar refractivity (Wildman–Crippen MR) is 61.5 cm³/mol. The Morgan fingerprint density at radius 2 is 1.67 bits per heavy atom. The molecular formula is C13H12F6O2. The zero-order chi connectivity index (χ0) is 16.4. The molecule has 0 bridgehead atoms. The van der Waals surface area contributed by atoms with Crippen LogP contribution in [-0.4, -0.2) is 13.1 Å². The van der Waals surface area contributed by atoms with E-state index in [4.69, 9.17) is 0 Å². The van der Waals surface area contributed by atoms with Crippen molar-refractivity contribution in [3.05, 3.63) is 34.4 Å². The van der Waals surface area contributed by atoms with E-state index >= 15 is 0 Å². The summed E-state index contributed by atoms with van der Waals surface area (Å²) in [5.41, 5.74) is -4.15. The van der Waals surface area contributed by atoms with Crippen LogP contribution in [0, 0.1) is 0 Å². The van der Waals surface area contributed by atoms with Gasteiger partial charge < -0.3 is 4.74 Å². The van der Waals surface area contributed by atoms with Gasteiger partial charge in [0.15, 0.2) is 0 Å². The highest BCUT2D eigenvalue weighted by Gasteiger charge is 2.42. The number of alkyl halides is 6. The SMILES string of the molecule is CCc1c(C(F)(F)F)ccc(CC(=O)OC)c1C(F)(F)F. The molecule has 21 heavy (non-hydrogen) atoms. The van der Waals surface area contributed by atoms with Crippen LogP contribution in [0.15, 0.2) is 12.1 Å². The van der Waals surface area contributed by atoms with Crippen molar-refractivity contribution in [1.29, 1.82) is 0 Å². The van der Waals surface area contributed by atoms with Crippen LogP contribution >= 0.6 is 0 Å². The van der Waals surface area contributed by atoms with Crippen LogP contribution in [-0.2, 0) is 34.7 Å². The minimum atomic E-state index is -4.99. The molecule has 1 rings (SSSR count). The highest BCUT2D eigenvalue weighted by molar-refractivity contribution is 5.73. The minimum absolute atomic E-state index is 0.460. The van der Waals surface area contributed by atoms with Crippen molar-refractivity contribution in [3.63, 3.8) is 0 Å². The third-order valence-electron chi connectivity index (χ3n) is 2.90. The molecule has 0 amide bonds. The van der Waals surface area contributed by atoms with Gasteiger partial charge in [-0.3, -0.25) is 4.79 Å². The Hall–Kier alpha value is -1.73. The number of benzene rings is 1. The van der Waals surface area contributed by atoms with Crippen LogP contribution in [0.5, 0.6) is 0 Å². The van der Waals surface area contributed by atoms with Gasteiger partial charge in [-0.15, -0.1) is 0 Å². The van der Waals surface area contributed by atoms with E-state index in [2.05, 4.69) is 4.74 Å². The van der Waals surface area contributed by atoms with E-state index in [-0.39, 0.29) is 0 Å². The topological polar surface area (TPSA) is 26.3 Å². The highest BCUT2D eigenvalue weighted by Crippen LogP contribution is 2.41. The van der Waals surface area contributed by atoms with Crippen molar-refractivity contribution >= 4 is 5.97 Å². The summed E-state index contributed by atoms with van der Waals surface area (Å²) in [5.74, 6) is -0.956. The normalized spacial score (nSPS) is 12.4. The Bertz CT molecular complexity index is 531. The van der Waals surface area contributed by atoms with Gasteiger partial charge in [-0.2, -0.15) is 26.3 Å². The van der Waals surface area contributed by atoms with Gasteiger partial charge in [-0.25, -0.2) is 0 Å². The molecule has 0 atom stereocenters. The van der Waals surface area contributed by atoms with Crippen LogP contribution in [0.4, 0.5) is 26.3 Å². The number of rotatable bonds is 3. The average molecular weight is 314 g/mol. The van der Waals surface area contributed by atoms with Crippen LogP contribution in [0.2, 0.25) is 0 Å². The van der Waals surface area contributed by atoms with Crippen molar-refractivity contribution in [2.24, 2.45) is 0 Å². The second-order valence-electron chi connectivity index (χ2n) is 4.23. The molecule has 2 nitrogen and oxygen atoms in total. The molecule has 1 aromatic rings. The molecule has 8 heteroatoms. The van der Waals surface area contributed by atoms with Gasteiger partial charge in [-0.1, -0.05) is 13.0 Å². The molecule has 0 spiro atoms. The largest absolute Gasteiger partial charge is 0.469 e. The molecule has 0 saturated carbocycles. The molecule has 0 fully saturated rings. The quantitative estimate of drug-likeness (QED) is 0.622. The zero-order valence-electron chi connectivity index (χ0n) is 11.2. The molecular weight excluding hydrogens is 302 g/mol. The number of hydrogen-bond donors (Lipinski definition) is 0. The zero-order valence-corrected chi connectivity index (χ0v) is 11.2. The first-order valence-electron chi connectivity index (χ1n) is 5.88. The molecule has 0 N–H and O–H groups in total. The van der Waals surface area contributed by atoms with Crippen LogP contribution < -0.4 is 0 Å². The third-order valence-corrected chi connectivity index (χ3v) is 2.90. The van der Waals surface area contributed by atoms with Gasteiger partial charge in [0, 0.05) is 0 Å². The summed E-state index contributed by atoms with van der Waals surface area (Å²) in [4.78, 5) is 11.1. The third kappa shape index (κ3) is 3.89. The second kappa shape index (κ2) is 5.95. The fourth-order valence-corrected chi connectivity index (χ4v) is 2.06. The second-order valence-corrected chi connectivity index (χ2v) is 4.23. The lowest BCUT2D eigenvalue weighted by molar-refractivity contribution is -0.145. The van der Waals surface area contributed by atoms with E-state index in [9.17, 15) is 31.1 Å². The van der Waals surface area contributed by atoms with Crippen LogP contribution in [0.3, 0.4) is 0 Å². The average Bonchev–Trinajstić information content (AvgIpc) is 2.35. The molecule has 0 aliphatic rings. The summed E-state index contributed by atoms with van der Waals surface area (Å²) < 4.78 is 82.0. The monoisotopic (exact) mass is 314 g/mol. The fraction of sp³-hybridized carbons (Fsp3) is 0.462. The molecule has 118 valence electrons. The minimum Gasteiger partial charge on any atom is -0.469 e. The van der Waals surface area contributed by atoms with E-state index in [1.54, 1.807) is 0 Å². The van der Waals surface area contributed by atoms with Crippen molar-refractivity contribution in [2.45, 2.75) is 32.1 Å². The van der Waals surface area contributed by atoms with E-state index in [1.807, 2.05) is 0 Å². The summed E-state index contributed by atoms with van der Waals surface area (Å²) in [5, 5.41) is 0. The van der Waals surface area contributed by atoms with Gasteiger partial charge >= 0.3 is 18.3 Å².